The van der Waals surface area contributed by atoms with Gasteiger partial charge in [-0.15, -0.1) is 0 Å². The second-order valence-corrected chi connectivity index (χ2v) is 4.65. The van der Waals surface area contributed by atoms with Crippen LogP contribution in [-0.2, 0) is 33.3 Å². The highest BCUT2D eigenvalue weighted by atomic mass is 16.7. The van der Waals surface area contributed by atoms with Crippen molar-refractivity contribution < 1.29 is 33.3 Å². The van der Waals surface area contributed by atoms with Gasteiger partial charge in [0, 0.05) is 6.92 Å². The zero-order valence-corrected chi connectivity index (χ0v) is 10.8. The molecule has 2 heterocycles. The molecule has 0 unspecified atom stereocenters. The minimum Gasteiger partial charge on any atom is -0.457 e. The summed E-state index contributed by atoms with van der Waals surface area (Å²) in [5.74, 6) is -1.26. The minimum atomic E-state index is -0.596. The summed E-state index contributed by atoms with van der Waals surface area (Å²) < 4.78 is 21.1. The molecule has 0 N–H and O–H groups in total. The van der Waals surface area contributed by atoms with Crippen molar-refractivity contribution in [1.29, 1.82) is 0 Å². The number of carbonyl (C=O) groups excluding carboxylic acids is 3. The lowest BCUT2D eigenvalue weighted by Crippen LogP contribution is -2.35. The number of esters is 2. The quantitative estimate of drug-likeness (QED) is 0.508. The first kappa shape index (κ1) is 14.0. The van der Waals surface area contributed by atoms with Crippen LogP contribution in [0.5, 0.6) is 0 Å². The van der Waals surface area contributed by atoms with Gasteiger partial charge in [-0.3, -0.25) is 14.4 Å². The lowest BCUT2D eigenvalue weighted by Gasteiger charge is -2.16. The van der Waals surface area contributed by atoms with Crippen molar-refractivity contribution in [2.45, 2.75) is 44.7 Å². The van der Waals surface area contributed by atoms with E-state index in [2.05, 4.69) is 0 Å². The molecule has 0 radical (unpaired) electrons. The Kier molecular flexibility index (Phi) is 4.16. The second kappa shape index (κ2) is 5.66. The lowest BCUT2D eigenvalue weighted by molar-refractivity contribution is -0.155. The van der Waals surface area contributed by atoms with Crippen LogP contribution in [-0.4, -0.2) is 55.4 Å². The standard InChI is InChI=1S/C12H16O7/c1-6(13)3-10(15)19-9-5-17-11-8(18-7(2)14)4-16-12(9)11/h8-9,11-12H,3-5H2,1-2H3/t8-,9+,11+,12+/m0/s1. The second-order valence-electron chi connectivity index (χ2n) is 4.65. The minimum absolute atomic E-state index is 0.177. The summed E-state index contributed by atoms with van der Waals surface area (Å²) in [4.78, 5) is 33.1. The van der Waals surface area contributed by atoms with E-state index in [1.54, 1.807) is 0 Å². The van der Waals surface area contributed by atoms with Crippen LogP contribution >= 0.6 is 0 Å². The third-order valence-electron chi connectivity index (χ3n) is 2.96. The van der Waals surface area contributed by atoms with Gasteiger partial charge in [-0.05, 0) is 6.92 Å². The van der Waals surface area contributed by atoms with Gasteiger partial charge in [0.15, 0.2) is 12.2 Å². The molecule has 2 rings (SSSR count). The predicted molar refractivity (Wildman–Crippen MR) is 60.2 cm³/mol. The first-order valence-electron chi connectivity index (χ1n) is 6.06. The highest BCUT2D eigenvalue weighted by Crippen LogP contribution is 2.30. The monoisotopic (exact) mass is 272 g/mol. The van der Waals surface area contributed by atoms with Crippen LogP contribution in [0.2, 0.25) is 0 Å². The van der Waals surface area contributed by atoms with Crippen molar-refractivity contribution in [2.75, 3.05) is 13.2 Å². The van der Waals surface area contributed by atoms with Crippen LogP contribution in [0.15, 0.2) is 0 Å². The summed E-state index contributed by atoms with van der Waals surface area (Å²) in [7, 11) is 0. The predicted octanol–water partition coefficient (Wildman–Crippen LogP) is -0.393. The molecule has 19 heavy (non-hydrogen) atoms. The van der Waals surface area contributed by atoms with Crippen molar-refractivity contribution in [3.8, 4) is 0 Å². The Morgan fingerprint density at radius 2 is 1.53 bits per heavy atom. The van der Waals surface area contributed by atoms with E-state index in [4.69, 9.17) is 18.9 Å². The molecule has 0 aromatic carbocycles. The van der Waals surface area contributed by atoms with Crippen LogP contribution in [0, 0.1) is 0 Å². The van der Waals surface area contributed by atoms with Crippen molar-refractivity contribution in [3.63, 3.8) is 0 Å². The number of fused-ring (bicyclic) bond motifs is 1. The van der Waals surface area contributed by atoms with Crippen molar-refractivity contribution in [1.82, 2.24) is 0 Å². The maximum Gasteiger partial charge on any atom is 0.313 e. The summed E-state index contributed by atoms with van der Waals surface area (Å²) >= 11 is 0. The topological polar surface area (TPSA) is 88.1 Å². The molecular weight excluding hydrogens is 256 g/mol. The van der Waals surface area contributed by atoms with Crippen LogP contribution in [0.1, 0.15) is 20.3 Å². The third kappa shape index (κ3) is 3.30. The Balaban J connectivity index is 1.88. The molecule has 2 fully saturated rings. The van der Waals surface area contributed by atoms with Gasteiger partial charge >= 0.3 is 11.9 Å². The lowest BCUT2D eigenvalue weighted by atomic mass is 10.1. The molecule has 7 heteroatoms. The van der Waals surface area contributed by atoms with E-state index < -0.39 is 36.4 Å². The van der Waals surface area contributed by atoms with Crippen LogP contribution in [0.25, 0.3) is 0 Å². The number of Topliss-reactive ketones (excluding diaryl/α,β-unsaturated/α-hetero) is 1. The van der Waals surface area contributed by atoms with E-state index in [9.17, 15) is 14.4 Å². The van der Waals surface area contributed by atoms with Gasteiger partial charge in [-0.1, -0.05) is 0 Å². The van der Waals surface area contributed by atoms with Gasteiger partial charge in [-0.2, -0.15) is 0 Å². The van der Waals surface area contributed by atoms with Gasteiger partial charge in [0.1, 0.15) is 24.4 Å². The Bertz CT molecular complexity index is 392. The molecule has 0 saturated carbocycles. The molecule has 2 aliphatic rings. The molecular formula is C12H16O7. The molecule has 7 nitrogen and oxygen atoms in total. The largest absolute Gasteiger partial charge is 0.457 e. The molecule has 106 valence electrons. The van der Waals surface area contributed by atoms with Gasteiger partial charge in [0.05, 0.1) is 13.2 Å². The molecule has 0 bridgehead atoms. The van der Waals surface area contributed by atoms with Gasteiger partial charge in [0.25, 0.3) is 0 Å². The van der Waals surface area contributed by atoms with E-state index >= 15 is 0 Å². The van der Waals surface area contributed by atoms with Crippen LogP contribution in [0.3, 0.4) is 0 Å². The van der Waals surface area contributed by atoms with Crippen molar-refractivity contribution >= 4 is 17.7 Å². The third-order valence-corrected chi connectivity index (χ3v) is 2.96. The summed E-state index contributed by atoms with van der Waals surface area (Å²) in [6.07, 6.45) is -2.16. The number of hydrogen-bond acceptors (Lipinski definition) is 7. The molecule has 0 aromatic heterocycles. The van der Waals surface area contributed by atoms with Gasteiger partial charge < -0.3 is 18.9 Å². The maximum atomic E-state index is 11.4. The van der Waals surface area contributed by atoms with Crippen LogP contribution < -0.4 is 0 Å². The fraction of sp³-hybridized carbons (Fsp3) is 0.750. The summed E-state index contributed by atoms with van der Waals surface area (Å²) in [5, 5.41) is 0. The van der Waals surface area contributed by atoms with Gasteiger partial charge in [0.2, 0.25) is 0 Å². The summed E-state index contributed by atoms with van der Waals surface area (Å²) in [5.41, 5.74) is 0. The number of hydrogen-bond donors (Lipinski definition) is 0. The van der Waals surface area contributed by atoms with E-state index in [-0.39, 0.29) is 25.4 Å². The van der Waals surface area contributed by atoms with Crippen molar-refractivity contribution in [2.24, 2.45) is 0 Å². The molecule has 0 aliphatic carbocycles. The molecule has 2 aliphatic heterocycles. The number of carbonyl (C=O) groups is 3. The smallest absolute Gasteiger partial charge is 0.313 e. The fourth-order valence-corrected chi connectivity index (χ4v) is 2.26. The first-order chi connectivity index (χ1) is 8.97. The first-order valence-corrected chi connectivity index (χ1v) is 6.06. The zero-order chi connectivity index (χ0) is 14.0. The molecule has 4 atom stereocenters. The SMILES string of the molecule is CC(=O)CC(=O)O[C@@H]1CO[C@H]2[C@@H]1OC[C@@H]2OC(C)=O. The summed E-state index contributed by atoms with van der Waals surface area (Å²) in [6.45, 7) is 3.02. The zero-order valence-electron chi connectivity index (χ0n) is 10.8. The summed E-state index contributed by atoms with van der Waals surface area (Å²) in [6, 6.07) is 0. The molecule has 2 saturated heterocycles. The van der Waals surface area contributed by atoms with E-state index in [0.29, 0.717) is 0 Å². The highest BCUT2D eigenvalue weighted by Gasteiger charge is 2.50. The average Bonchev–Trinajstić information content (AvgIpc) is 2.81. The van der Waals surface area contributed by atoms with E-state index in [0.717, 1.165) is 0 Å². The average molecular weight is 272 g/mol. The normalized spacial score (nSPS) is 32.7. The Morgan fingerprint density at radius 1 is 1.00 bits per heavy atom. The number of ether oxygens (including phenoxy) is 4. The molecule has 0 spiro atoms. The number of ketones is 1. The van der Waals surface area contributed by atoms with E-state index in [1.807, 2.05) is 0 Å². The Hall–Kier alpha value is -1.47. The van der Waals surface area contributed by atoms with E-state index in [1.165, 1.54) is 13.8 Å². The fourth-order valence-electron chi connectivity index (χ4n) is 2.26. The van der Waals surface area contributed by atoms with Crippen LogP contribution in [0.4, 0.5) is 0 Å². The molecule has 0 amide bonds. The Labute approximate surface area is 110 Å². The molecule has 0 aromatic rings. The maximum absolute atomic E-state index is 11.4. The van der Waals surface area contributed by atoms with Gasteiger partial charge in [-0.25, -0.2) is 0 Å². The number of rotatable bonds is 4. The van der Waals surface area contributed by atoms with Crippen molar-refractivity contribution in [3.05, 3.63) is 0 Å². The highest BCUT2D eigenvalue weighted by molar-refractivity contribution is 5.94. The Morgan fingerprint density at radius 3 is 2.00 bits per heavy atom.